The zero-order valence-corrected chi connectivity index (χ0v) is 16.1. The molecular weight excluding hydrogens is 389 g/mol. The quantitative estimate of drug-likeness (QED) is 0.422. The van der Waals surface area contributed by atoms with E-state index in [0.717, 1.165) is 38.2 Å². The van der Waals surface area contributed by atoms with Crippen LogP contribution in [0.2, 0.25) is 0 Å². The first kappa shape index (κ1) is 19.3. The van der Waals surface area contributed by atoms with Gasteiger partial charge in [0.15, 0.2) is 5.96 Å². The third kappa shape index (κ3) is 6.56. The number of rotatable bonds is 6. The van der Waals surface area contributed by atoms with Crippen molar-refractivity contribution in [1.29, 1.82) is 0 Å². The summed E-state index contributed by atoms with van der Waals surface area (Å²) in [6.07, 6.45) is 8.22. The number of aliphatic imine (C=N–C) groups is 1. The molecule has 0 aromatic carbocycles. The van der Waals surface area contributed by atoms with E-state index in [9.17, 15) is 0 Å². The lowest BCUT2D eigenvalue weighted by atomic mass is 10.0. The summed E-state index contributed by atoms with van der Waals surface area (Å²) in [7, 11) is 1.83. The number of hydrogen-bond donors (Lipinski definition) is 2. The van der Waals surface area contributed by atoms with Gasteiger partial charge in [0.2, 0.25) is 0 Å². The maximum atomic E-state index is 4.28. The van der Waals surface area contributed by atoms with Crippen LogP contribution in [0.3, 0.4) is 0 Å². The molecule has 0 amide bonds. The van der Waals surface area contributed by atoms with Crippen molar-refractivity contribution in [2.75, 3.05) is 33.2 Å². The van der Waals surface area contributed by atoms with E-state index in [1.807, 2.05) is 19.2 Å². The number of nitrogens with zero attached hydrogens (tertiary/aromatic N) is 3. The van der Waals surface area contributed by atoms with E-state index in [-0.39, 0.29) is 24.0 Å². The summed E-state index contributed by atoms with van der Waals surface area (Å²) in [5.74, 6) is 0.895. The lowest BCUT2D eigenvalue weighted by Crippen LogP contribution is -2.45. The van der Waals surface area contributed by atoms with E-state index in [2.05, 4.69) is 44.4 Å². The van der Waals surface area contributed by atoms with Crippen molar-refractivity contribution in [3.63, 3.8) is 0 Å². The number of piperidine rings is 1. The first-order valence-corrected chi connectivity index (χ1v) is 8.09. The lowest BCUT2D eigenvalue weighted by molar-refractivity contribution is 0.163. The van der Waals surface area contributed by atoms with Gasteiger partial charge in [0, 0.05) is 51.7 Å². The molecule has 5 nitrogen and oxygen atoms in total. The molecule has 2 rings (SSSR count). The van der Waals surface area contributed by atoms with Crippen LogP contribution in [-0.2, 0) is 6.54 Å². The predicted octanol–water partition coefficient (Wildman–Crippen LogP) is 2.15. The minimum atomic E-state index is 0. The first-order valence-electron chi connectivity index (χ1n) is 8.09. The summed E-state index contributed by atoms with van der Waals surface area (Å²) >= 11 is 0. The standard InChI is InChI=1S/C16H29N5.HI/c1-15-7-3-4-12-21(15)14-9-19-16(17-2)18-8-13-20-10-5-6-11-20;/h5-6,10-11,15H,3-4,7-9,12-14H2,1-2H3,(H2,17,18,19);1H. The summed E-state index contributed by atoms with van der Waals surface area (Å²) < 4.78 is 2.16. The molecule has 1 aromatic rings. The number of likely N-dealkylation sites (tertiary alicyclic amines) is 1. The molecule has 2 N–H and O–H groups in total. The van der Waals surface area contributed by atoms with Crippen molar-refractivity contribution in [3.05, 3.63) is 24.5 Å². The summed E-state index contributed by atoms with van der Waals surface area (Å²) in [5.41, 5.74) is 0. The SMILES string of the molecule is CN=C(NCCN1CCCCC1C)NCCn1cccc1.I. The highest BCUT2D eigenvalue weighted by Gasteiger charge is 2.17. The molecule has 1 unspecified atom stereocenters. The third-order valence-electron chi connectivity index (χ3n) is 4.18. The van der Waals surface area contributed by atoms with Crippen LogP contribution >= 0.6 is 24.0 Å². The fraction of sp³-hybridized carbons (Fsp3) is 0.688. The van der Waals surface area contributed by atoms with E-state index in [1.165, 1.54) is 25.8 Å². The van der Waals surface area contributed by atoms with Gasteiger partial charge in [0.05, 0.1) is 0 Å². The van der Waals surface area contributed by atoms with Gasteiger partial charge in [0.25, 0.3) is 0 Å². The van der Waals surface area contributed by atoms with Gasteiger partial charge in [-0.25, -0.2) is 0 Å². The molecule has 1 fully saturated rings. The van der Waals surface area contributed by atoms with Gasteiger partial charge in [-0.1, -0.05) is 6.42 Å². The predicted molar refractivity (Wildman–Crippen MR) is 104 cm³/mol. The summed E-state index contributed by atoms with van der Waals surface area (Å²) in [6, 6.07) is 4.82. The molecule has 1 saturated heterocycles. The Morgan fingerprint density at radius 3 is 2.45 bits per heavy atom. The summed E-state index contributed by atoms with van der Waals surface area (Å²) in [5, 5.41) is 6.76. The molecule has 1 aliphatic rings. The Balaban J connectivity index is 0.00000242. The van der Waals surface area contributed by atoms with Crippen LogP contribution in [0.15, 0.2) is 29.5 Å². The Morgan fingerprint density at radius 1 is 1.14 bits per heavy atom. The fourth-order valence-corrected chi connectivity index (χ4v) is 2.85. The van der Waals surface area contributed by atoms with Crippen LogP contribution < -0.4 is 10.6 Å². The molecule has 2 heterocycles. The maximum Gasteiger partial charge on any atom is 0.191 e. The molecule has 0 saturated carbocycles. The van der Waals surface area contributed by atoms with Crippen LogP contribution in [0.4, 0.5) is 0 Å². The highest BCUT2D eigenvalue weighted by molar-refractivity contribution is 14.0. The van der Waals surface area contributed by atoms with Gasteiger partial charge in [0.1, 0.15) is 0 Å². The molecule has 6 heteroatoms. The summed E-state index contributed by atoms with van der Waals surface area (Å²) in [4.78, 5) is 6.85. The zero-order valence-electron chi connectivity index (χ0n) is 13.8. The normalized spacial score (nSPS) is 19.5. The highest BCUT2D eigenvalue weighted by atomic mass is 127. The van der Waals surface area contributed by atoms with Gasteiger partial charge < -0.3 is 15.2 Å². The average Bonchev–Trinajstić information content (AvgIpc) is 3.01. The van der Waals surface area contributed by atoms with Gasteiger partial charge in [-0.3, -0.25) is 9.89 Å². The minimum absolute atomic E-state index is 0. The number of aromatic nitrogens is 1. The molecular formula is C16H30IN5. The third-order valence-corrected chi connectivity index (χ3v) is 4.18. The number of nitrogens with one attached hydrogen (secondary N) is 2. The van der Waals surface area contributed by atoms with Crippen LogP contribution in [-0.4, -0.2) is 54.7 Å². The van der Waals surface area contributed by atoms with Crippen molar-refractivity contribution in [1.82, 2.24) is 20.1 Å². The van der Waals surface area contributed by atoms with E-state index >= 15 is 0 Å². The molecule has 0 spiro atoms. The minimum Gasteiger partial charge on any atom is -0.355 e. The second-order valence-corrected chi connectivity index (χ2v) is 5.73. The Morgan fingerprint density at radius 2 is 1.82 bits per heavy atom. The zero-order chi connectivity index (χ0) is 14.9. The Kier molecular flexibility index (Phi) is 9.54. The number of halogens is 1. The van der Waals surface area contributed by atoms with Crippen molar-refractivity contribution in [2.24, 2.45) is 4.99 Å². The number of guanidine groups is 1. The molecule has 1 aliphatic heterocycles. The fourth-order valence-electron chi connectivity index (χ4n) is 2.85. The molecule has 0 bridgehead atoms. The van der Waals surface area contributed by atoms with Crippen LogP contribution in [0.5, 0.6) is 0 Å². The van der Waals surface area contributed by atoms with E-state index in [0.29, 0.717) is 0 Å². The van der Waals surface area contributed by atoms with Crippen molar-refractivity contribution in [3.8, 4) is 0 Å². The molecule has 0 aliphatic carbocycles. The van der Waals surface area contributed by atoms with Crippen LogP contribution in [0.1, 0.15) is 26.2 Å². The van der Waals surface area contributed by atoms with Crippen molar-refractivity contribution >= 4 is 29.9 Å². The summed E-state index contributed by atoms with van der Waals surface area (Å²) in [6.45, 7) is 7.46. The van der Waals surface area contributed by atoms with E-state index in [1.54, 1.807) is 0 Å². The van der Waals surface area contributed by atoms with Gasteiger partial charge in [-0.2, -0.15) is 0 Å². The topological polar surface area (TPSA) is 44.6 Å². The van der Waals surface area contributed by atoms with Gasteiger partial charge >= 0.3 is 0 Å². The van der Waals surface area contributed by atoms with E-state index < -0.39 is 0 Å². The first-order chi connectivity index (χ1) is 10.3. The molecule has 22 heavy (non-hydrogen) atoms. The maximum absolute atomic E-state index is 4.28. The lowest BCUT2D eigenvalue weighted by Gasteiger charge is -2.33. The van der Waals surface area contributed by atoms with Crippen LogP contribution in [0.25, 0.3) is 0 Å². The smallest absolute Gasteiger partial charge is 0.191 e. The molecule has 126 valence electrons. The highest BCUT2D eigenvalue weighted by Crippen LogP contribution is 2.15. The monoisotopic (exact) mass is 419 g/mol. The second-order valence-electron chi connectivity index (χ2n) is 5.73. The molecule has 1 aromatic heterocycles. The van der Waals surface area contributed by atoms with E-state index in [4.69, 9.17) is 0 Å². The van der Waals surface area contributed by atoms with Gasteiger partial charge in [-0.15, -0.1) is 24.0 Å². The van der Waals surface area contributed by atoms with Crippen molar-refractivity contribution in [2.45, 2.75) is 38.8 Å². The largest absolute Gasteiger partial charge is 0.355 e. The Labute approximate surface area is 151 Å². The molecule has 0 radical (unpaired) electrons. The van der Waals surface area contributed by atoms with Gasteiger partial charge in [-0.05, 0) is 38.4 Å². The van der Waals surface area contributed by atoms with Crippen LogP contribution in [0, 0.1) is 0 Å². The van der Waals surface area contributed by atoms with Crippen molar-refractivity contribution < 1.29 is 0 Å². The average molecular weight is 419 g/mol. The number of hydrogen-bond acceptors (Lipinski definition) is 2. The Hall–Kier alpha value is -0.760. The Bertz CT molecular complexity index is 418. The molecule has 1 atom stereocenters. The second kappa shape index (κ2) is 10.9.